The molecular weight excluding hydrogens is 606 g/mol. The van der Waals surface area contributed by atoms with E-state index in [1.165, 1.54) is 0 Å². The molecule has 0 spiro atoms. The lowest BCUT2D eigenvalue weighted by atomic mass is 10.1. The maximum Gasteiger partial charge on any atom is 0.343 e. The number of hydrogen-bond acceptors (Lipinski definition) is 8. The summed E-state index contributed by atoms with van der Waals surface area (Å²) < 4.78 is 28.9. The second-order valence-electron chi connectivity index (χ2n) is 11.7. The molecule has 4 aromatic carbocycles. The molecule has 0 N–H and O–H groups in total. The monoisotopic (exact) mass is 647 g/mol. The van der Waals surface area contributed by atoms with Gasteiger partial charge < -0.3 is 23.4 Å². The molecule has 0 saturated heterocycles. The van der Waals surface area contributed by atoms with E-state index < -0.39 is 11.9 Å². The Morgan fingerprint density at radius 3 is 1.71 bits per heavy atom. The highest BCUT2D eigenvalue weighted by Gasteiger charge is 2.16. The first-order valence-corrected chi connectivity index (χ1v) is 16.3. The molecule has 0 amide bonds. The zero-order valence-corrected chi connectivity index (χ0v) is 28.1. The zero-order chi connectivity index (χ0) is 34.0. The fraction of sp³-hybridized carbons (Fsp3) is 0.275. The SMILES string of the molecule is CCCCOc1ccc(C(=O)Oc2ccc(-c3cnc(-c4ccc(OC(=O)c5ccc(OCCCC)c(C)c5)cc4C)o3)cc2)cc1C. The summed E-state index contributed by atoms with van der Waals surface area (Å²) in [6.07, 6.45) is 5.72. The van der Waals surface area contributed by atoms with Crippen molar-refractivity contribution in [2.75, 3.05) is 13.2 Å². The van der Waals surface area contributed by atoms with Crippen LogP contribution in [0.3, 0.4) is 0 Å². The lowest BCUT2D eigenvalue weighted by molar-refractivity contribution is 0.0725. The van der Waals surface area contributed by atoms with Crippen LogP contribution >= 0.6 is 0 Å². The van der Waals surface area contributed by atoms with Crippen LogP contribution in [-0.4, -0.2) is 30.1 Å². The molecular formula is C40H41NO7. The molecule has 0 unspecified atom stereocenters. The fourth-order valence-electron chi connectivity index (χ4n) is 5.02. The van der Waals surface area contributed by atoms with E-state index >= 15 is 0 Å². The topological polar surface area (TPSA) is 97.1 Å². The number of unbranched alkanes of at least 4 members (excludes halogenated alkanes) is 2. The fourth-order valence-corrected chi connectivity index (χ4v) is 5.02. The molecule has 1 heterocycles. The number of rotatable bonds is 14. The van der Waals surface area contributed by atoms with Gasteiger partial charge in [-0.15, -0.1) is 0 Å². The van der Waals surface area contributed by atoms with E-state index in [-0.39, 0.29) is 0 Å². The molecule has 248 valence electrons. The Labute approximate surface area is 281 Å². The van der Waals surface area contributed by atoms with Crippen LogP contribution in [0.1, 0.15) is 76.9 Å². The van der Waals surface area contributed by atoms with Crippen molar-refractivity contribution in [3.63, 3.8) is 0 Å². The predicted molar refractivity (Wildman–Crippen MR) is 185 cm³/mol. The number of carbonyl (C=O) groups excluding carboxylic acids is 2. The molecule has 5 aromatic rings. The van der Waals surface area contributed by atoms with Gasteiger partial charge in [0.25, 0.3) is 0 Å². The van der Waals surface area contributed by atoms with Crippen molar-refractivity contribution in [2.45, 2.75) is 60.3 Å². The van der Waals surface area contributed by atoms with Gasteiger partial charge in [-0.25, -0.2) is 14.6 Å². The van der Waals surface area contributed by atoms with E-state index in [9.17, 15) is 9.59 Å². The molecule has 8 nitrogen and oxygen atoms in total. The van der Waals surface area contributed by atoms with E-state index in [4.69, 9.17) is 23.4 Å². The Balaban J connectivity index is 1.19. The van der Waals surface area contributed by atoms with Crippen molar-refractivity contribution in [3.8, 4) is 45.8 Å². The summed E-state index contributed by atoms with van der Waals surface area (Å²) in [4.78, 5) is 30.1. The first-order chi connectivity index (χ1) is 23.2. The average Bonchev–Trinajstić information content (AvgIpc) is 3.57. The van der Waals surface area contributed by atoms with Gasteiger partial charge in [-0.2, -0.15) is 0 Å². The van der Waals surface area contributed by atoms with Crippen LogP contribution in [0.4, 0.5) is 0 Å². The maximum absolute atomic E-state index is 12.9. The third-order valence-corrected chi connectivity index (χ3v) is 7.83. The van der Waals surface area contributed by atoms with Crippen molar-refractivity contribution in [3.05, 3.63) is 113 Å². The molecule has 48 heavy (non-hydrogen) atoms. The normalized spacial score (nSPS) is 10.9. The van der Waals surface area contributed by atoms with Crippen LogP contribution in [0.2, 0.25) is 0 Å². The lowest BCUT2D eigenvalue weighted by Gasteiger charge is -2.11. The van der Waals surface area contributed by atoms with E-state index in [1.54, 1.807) is 60.8 Å². The second-order valence-corrected chi connectivity index (χ2v) is 11.7. The van der Waals surface area contributed by atoms with Crippen LogP contribution in [0, 0.1) is 20.8 Å². The highest BCUT2D eigenvalue weighted by atomic mass is 16.5. The van der Waals surface area contributed by atoms with Gasteiger partial charge >= 0.3 is 11.9 Å². The number of oxazole rings is 1. The summed E-state index contributed by atoms with van der Waals surface area (Å²) in [6, 6.07) is 23.0. The molecule has 8 heteroatoms. The standard InChI is InChI=1S/C40H41NO7/c1-6-8-20-44-35-18-12-30(22-27(35)4)39(42)46-32-14-10-29(11-15-32)37-25-41-38(48-37)34-17-16-33(24-26(34)3)47-40(43)31-13-19-36(28(5)23-31)45-21-9-7-2/h10-19,22-25H,6-9,20-21H2,1-5H3. The Kier molecular flexibility index (Phi) is 11.3. The van der Waals surface area contributed by atoms with Gasteiger partial charge in [0.15, 0.2) is 5.76 Å². The molecule has 0 aliphatic carbocycles. The van der Waals surface area contributed by atoms with Crippen molar-refractivity contribution >= 4 is 11.9 Å². The van der Waals surface area contributed by atoms with Gasteiger partial charge in [0.05, 0.1) is 30.5 Å². The third-order valence-electron chi connectivity index (χ3n) is 7.83. The summed E-state index contributed by atoms with van der Waals surface area (Å²) in [5.74, 6) is 2.47. The average molecular weight is 648 g/mol. The summed E-state index contributed by atoms with van der Waals surface area (Å²) >= 11 is 0. The number of ether oxygens (including phenoxy) is 4. The van der Waals surface area contributed by atoms with Crippen molar-refractivity contribution in [2.24, 2.45) is 0 Å². The molecule has 0 fully saturated rings. The Bertz CT molecular complexity index is 1870. The Morgan fingerprint density at radius 1 is 0.646 bits per heavy atom. The van der Waals surface area contributed by atoms with Gasteiger partial charge in [0, 0.05) is 11.1 Å². The zero-order valence-electron chi connectivity index (χ0n) is 28.1. The Morgan fingerprint density at radius 2 is 1.19 bits per heavy atom. The Hall–Kier alpha value is -5.37. The molecule has 0 radical (unpaired) electrons. The number of benzene rings is 4. The maximum atomic E-state index is 12.9. The van der Waals surface area contributed by atoms with Crippen LogP contribution in [0.25, 0.3) is 22.8 Å². The highest BCUT2D eigenvalue weighted by molar-refractivity contribution is 5.92. The molecule has 1 aromatic heterocycles. The summed E-state index contributed by atoms with van der Waals surface area (Å²) in [7, 11) is 0. The summed E-state index contributed by atoms with van der Waals surface area (Å²) in [5, 5.41) is 0. The van der Waals surface area contributed by atoms with Crippen molar-refractivity contribution < 1.29 is 33.0 Å². The van der Waals surface area contributed by atoms with Crippen LogP contribution in [0.5, 0.6) is 23.0 Å². The molecule has 0 saturated carbocycles. The molecule has 0 bridgehead atoms. The summed E-state index contributed by atoms with van der Waals surface area (Å²) in [5.41, 5.74) is 5.05. The van der Waals surface area contributed by atoms with Crippen molar-refractivity contribution in [1.29, 1.82) is 0 Å². The lowest BCUT2D eigenvalue weighted by Crippen LogP contribution is -2.09. The number of nitrogens with zero attached hydrogens (tertiary/aromatic N) is 1. The molecule has 0 aliphatic heterocycles. The second kappa shape index (κ2) is 16.0. The molecule has 0 aliphatic rings. The quantitative estimate of drug-likeness (QED) is 0.0668. The smallest absolute Gasteiger partial charge is 0.343 e. The largest absolute Gasteiger partial charge is 0.493 e. The highest BCUT2D eigenvalue weighted by Crippen LogP contribution is 2.31. The minimum absolute atomic E-state index is 0.414. The number of hydrogen-bond donors (Lipinski definition) is 0. The number of aromatic nitrogens is 1. The first-order valence-electron chi connectivity index (χ1n) is 16.3. The predicted octanol–water partition coefficient (Wildman–Crippen LogP) is 9.73. The van der Waals surface area contributed by atoms with E-state index in [1.807, 2.05) is 45.0 Å². The van der Waals surface area contributed by atoms with Crippen LogP contribution in [-0.2, 0) is 0 Å². The van der Waals surface area contributed by atoms with Gasteiger partial charge in [0.1, 0.15) is 23.0 Å². The van der Waals surface area contributed by atoms with Crippen molar-refractivity contribution in [1.82, 2.24) is 4.98 Å². The summed E-state index contributed by atoms with van der Waals surface area (Å²) in [6.45, 7) is 11.3. The van der Waals surface area contributed by atoms with Gasteiger partial charge in [-0.05, 0) is 129 Å². The van der Waals surface area contributed by atoms with Gasteiger partial charge in [-0.3, -0.25) is 0 Å². The van der Waals surface area contributed by atoms with Crippen LogP contribution in [0.15, 0.2) is 89.5 Å². The van der Waals surface area contributed by atoms with Gasteiger partial charge in [0.2, 0.25) is 5.89 Å². The van der Waals surface area contributed by atoms with E-state index in [0.29, 0.717) is 47.5 Å². The molecule has 0 atom stereocenters. The van der Waals surface area contributed by atoms with Crippen LogP contribution < -0.4 is 18.9 Å². The molecule has 5 rings (SSSR count). The van der Waals surface area contributed by atoms with E-state index in [0.717, 1.165) is 65.0 Å². The minimum atomic E-state index is -0.446. The number of esters is 2. The van der Waals surface area contributed by atoms with Gasteiger partial charge in [-0.1, -0.05) is 26.7 Å². The number of aryl methyl sites for hydroxylation is 3. The first kappa shape index (κ1) is 34.0. The minimum Gasteiger partial charge on any atom is -0.493 e. The van der Waals surface area contributed by atoms with E-state index in [2.05, 4.69) is 18.8 Å². The number of carbonyl (C=O) groups is 2. The third kappa shape index (κ3) is 8.50.